The molecule has 0 saturated carbocycles. The van der Waals surface area contributed by atoms with Crippen LogP contribution in [0, 0.1) is 0 Å². The molecule has 0 amide bonds. The topological polar surface area (TPSA) is 15.0 Å². The molecule has 0 aromatic carbocycles. The second-order valence-electron chi connectivity index (χ2n) is 1.55. The first-order valence-electron chi connectivity index (χ1n) is 2.13. The molecule has 0 spiro atoms. The minimum atomic E-state index is 0.859. The van der Waals surface area contributed by atoms with E-state index in [0.29, 0.717) is 0 Å². The van der Waals surface area contributed by atoms with Crippen molar-refractivity contribution in [2.75, 3.05) is 13.1 Å². The van der Waals surface area contributed by atoms with Crippen LogP contribution in [0.15, 0.2) is 0 Å². The fraction of sp³-hybridized carbons (Fsp3) is 1.00. The standard InChI is InChI=1S/C3H6N2Se/c1-2-5-3(4-1)6-5/h3-4H,1-2H2. The summed E-state index contributed by atoms with van der Waals surface area (Å²) in [5.41, 5.74) is 0. The minimum absolute atomic E-state index is 0.859. The van der Waals surface area contributed by atoms with Crippen LogP contribution in [0.5, 0.6) is 0 Å². The van der Waals surface area contributed by atoms with Gasteiger partial charge < -0.3 is 0 Å². The Bertz CT molecular complexity index is 67.2. The second kappa shape index (κ2) is 0.984. The molecule has 1 N–H and O–H groups in total. The van der Waals surface area contributed by atoms with E-state index in [-0.39, 0.29) is 0 Å². The molecular formula is C3H6N2Se. The zero-order valence-corrected chi connectivity index (χ0v) is 5.06. The van der Waals surface area contributed by atoms with Crippen molar-refractivity contribution in [2.45, 2.75) is 5.06 Å². The molecule has 0 aromatic heterocycles. The fourth-order valence-electron chi connectivity index (χ4n) is 0.708. The summed E-state index contributed by atoms with van der Waals surface area (Å²) in [7, 11) is 0. The van der Waals surface area contributed by atoms with Gasteiger partial charge in [-0.1, -0.05) is 0 Å². The second-order valence-corrected chi connectivity index (χ2v) is 3.92. The van der Waals surface area contributed by atoms with Gasteiger partial charge in [0.2, 0.25) is 0 Å². The maximum atomic E-state index is 3.35. The van der Waals surface area contributed by atoms with E-state index < -0.39 is 0 Å². The summed E-state index contributed by atoms with van der Waals surface area (Å²) >= 11 is 0.859. The van der Waals surface area contributed by atoms with E-state index >= 15 is 0 Å². The fourth-order valence-corrected chi connectivity index (χ4v) is 2.33. The van der Waals surface area contributed by atoms with E-state index in [1.807, 2.05) is 0 Å². The molecule has 2 saturated heterocycles. The van der Waals surface area contributed by atoms with Crippen molar-refractivity contribution in [3.63, 3.8) is 0 Å². The molecule has 2 heterocycles. The van der Waals surface area contributed by atoms with Crippen molar-refractivity contribution in [1.29, 1.82) is 0 Å². The number of hydrogen-bond acceptors (Lipinski definition) is 2. The van der Waals surface area contributed by atoms with Gasteiger partial charge in [0, 0.05) is 0 Å². The molecule has 2 unspecified atom stereocenters. The van der Waals surface area contributed by atoms with Gasteiger partial charge in [0.05, 0.1) is 0 Å². The van der Waals surface area contributed by atoms with Crippen molar-refractivity contribution < 1.29 is 0 Å². The third-order valence-corrected chi connectivity index (χ3v) is 3.35. The maximum absolute atomic E-state index is 3.35. The van der Waals surface area contributed by atoms with Crippen molar-refractivity contribution >= 4 is 15.2 Å². The van der Waals surface area contributed by atoms with Crippen molar-refractivity contribution in [1.82, 2.24) is 9.23 Å². The van der Waals surface area contributed by atoms with Crippen molar-refractivity contribution in [3.05, 3.63) is 0 Å². The Morgan fingerprint density at radius 2 is 2.83 bits per heavy atom. The summed E-state index contributed by atoms with van der Waals surface area (Å²) in [6.07, 6.45) is 0. The Kier molecular flexibility index (Phi) is 0.564. The molecule has 2 aliphatic rings. The van der Waals surface area contributed by atoms with E-state index in [4.69, 9.17) is 0 Å². The molecule has 2 aliphatic heterocycles. The number of nitrogens with zero attached hydrogens (tertiary/aromatic N) is 1. The molecule has 0 aromatic rings. The van der Waals surface area contributed by atoms with Gasteiger partial charge in [-0.3, -0.25) is 0 Å². The van der Waals surface area contributed by atoms with Crippen LogP contribution < -0.4 is 5.32 Å². The van der Waals surface area contributed by atoms with Gasteiger partial charge in [0.25, 0.3) is 0 Å². The van der Waals surface area contributed by atoms with Crippen molar-refractivity contribution in [3.8, 4) is 0 Å². The van der Waals surface area contributed by atoms with Crippen LogP contribution in [0.2, 0.25) is 0 Å². The van der Waals surface area contributed by atoms with E-state index in [9.17, 15) is 0 Å². The molecule has 2 atom stereocenters. The van der Waals surface area contributed by atoms with Gasteiger partial charge in [-0.2, -0.15) is 0 Å². The third-order valence-electron chi connectivity index (χ3n) is 1.10. The average Bonchev–Trinajstić information content (AvgIpc) is 2.17. The van der Waals surface area contributed by atoms with Gasteiger partial charge in [-0.15, -0.1) is 0 Å². The zero-order valence-electron chi connectivity index (χ0n) is 3.35. The summed E-state index contributed by atoms with van der Waals surface area (Å²) in [6, 6.07) is 0. The van der Waals surface area contributed by atoms with E-state index in [0.717, 1.165) is 20.2 Å². The monoisotopic (exact) mass is 150 g/mol. The average molecular weight is 149 g/mol. The number of nitrogens with one attached hydrogen (secondary N) is 1. The first-order valence-corrected chi connectivity index (χ1v) is 3.89. The van der Waals surface area contributed by atoms with Gasteiger partial charge in [-0.05, 0) is 0 Å². The van der Waals surface area contributed by atoms with Gasteiger partial charge >= 0.3 is 42.6 Å². The van der Waals surface area contributed by atoms with Crippen molar-refractivity contribution in [2.24, 2.45) is 0 Å². The summed E-state index contributed by atoms with van der Waals surface area (Å²) in [5, 5.41) is 4.21. The Balaban J connectivity index is 2.09. The van der Waals surface area contributed by atoms with Crippen LogP contribution in [-0.4, -0.2) is 37.2 Å². The molecule has 0 aliphatic carbocycles. The Hall–Kier alpha value is 0.439. The third kappa shape index (κ3) is 0.339. The summed E-state index contributed by atoms with van der Waals surface area (Å²) in [4.78, 5) is 0. The van der Waals surface area contributed by atoms with E-state index in [2.05, 4.69) is 9.23 Å². The summed E-state index contributed by atoms with van der Waals surface area (Å²) in [5.74, 6) is 0. The SMILES string of the molecule is C1CN2[Se]C2N1. The molecule has 0 radical (unpaired) electrons. The predicted octanol–water partition coefficient (Wildman–Crippen LogP) is -1.19. The Morgan fingerprint density at radius 1 is 1.83 bits per heavy atom. The quantitative estimate of drug-likeness (QED) is 0.344. The van der Waals surface area contributed by atoms with E-state index in [1.165, 1.54) is 13.1 Å². The van der Waals surface area contributed by atoms with Gasteiger partial charge in [0.15, 0.2) is 0 Å². The number of rotatable bonds is 0. The molecule has 3 heteroatoms. The number of fused-ring (bicyclic) bond motifs is 1. The summed E-state index contributed by atoms with van der Waals surface area (Å²) < 4.78 is 2.48. The first-order chi connectivity index (χ1) is 2.97. The van der Waals surface area contributed by atoms with Crippen LogP contribution in [-0.2, 0) is 0 Å². The van der Waals surface area contributed by atoms with Crippen LogP contribution in [0.25, 0.3) is 0 Å². The molecule has 2 fully saturated rings. The molecule has 2 nitrogen and oxygen atoms in total. The zero-order chi connectivity index (χ0) is 3.98. The number of hydrogen-bond donors (Lipinski definition) is 1. The van der Waals surface area contributed by atoms with Crippen LogP contribution in [0.1, 0.15) is 0 Å². The Labute approximate surface area is 43.3 Å². The molecular weight excluding hydrogens is 143 g/mol. The first kappa shape index (κ1) is 3.44. The molecule has 2 rings (SSSR count). The normalized spacial score (nSPS) is 52.0. The molecule has 0 bridgehead atoms. The van der Waals surface area contributed by atoms with Crippen LogP contribution >= 0.6 is 0 Å². The predicted molar refractivity (Wildman–Crippen MR) is 24.3 cm³/mol. The van der Waals surface area contributed by atoms with Gasteiger partial charge in [0.1, 0.15) is 0 Å². The van der Waals surface area contributed by atoms with Crippen LogP contribution in [0.3, 0.4) is 0 Å². The van der Waals surface area contributed by atoms with E-state index in [1.54, 1.807) is 0 Å². The van der Waals surface area contributed by atoms with Crippen LogP contribution in [0.4, 0.5) is 0 Å². The molecule has 6 heavy (non-hydrogen) atoms. The summed E-state index contributed by atoms with van der Waals surface area (Å²) in [6.45, 7) is 2.54. The molecule has 34 valence electrons. The van der Waals surface area contributed by atoms with Gasteiger partial charge in [-0.25, -0.2) is 0 Å². The Morgan fingerprint density at radius 3 is 3.00 bits per heavy atom.